The molecule has 0 unspecified atom stereocenters. The van der Waals surface area contributed by atoms with Crippen LogP contribution in [0.4, 0.5) is 0 Å². The molecule has 5 heteroatoms. The Kier molecular flexibility index (Phi) is 5.37. The fourth-order valence-electron chi connectivity index (χ4n) is 0.837. The summed E-state index contributed by atoms with van der Waals surface area (Å²) in [5, 5.41) is 8.73. The van der Waals surface area contributed by atoms with E-state index in [1.54, 1.807) is 25.4 Å². The summed E-state index contributed by atoms with van der Waals surface area (Å²) in [7, 11) is 1.55. The quantitative estimate of drug-likeness (QED) is 0.753. The Morgan fingerprint density at radius 2 is 2.31 bits per heavy atom. The van der Waals surface area contributed by atoms with Gasteiger partial charge < -0.3 is 15.6 Å². The Morgan fingerprint density at radius 3 is 2.69 bits per heavy atom. The summed E-state index contributed by atoms with van der Waals surface area (Å²) in [4.78, 5) is 3.95. The van der Waals surface area contributed by atoms with Crippen LogP contribution in [0.25, 0.3) is 0 Å². The third kappa shape index (κ3) is 3.18. The molecule has 0 aliphatic carbocycles. The lowest BCUT2D eigenvalue weighted by Gasteiger charge is -2.07. The molecule has 0 spiro atoms. The molecule has 0 saturated carbocycles. The van der Waals surface area contributed by atoms with E-state index in [0.717, 1.165) is 5.56 Å². The van der Waals surface area contributed by atoms with Crippen LogP contribution in [-0.2, 0) is 0 Å². The smallest absolute Gasteiger partial charge is 0.212 e. The number of aliphatic hydroxyl groups excluding tert-OH is 1. The molecule has 0 aromatic carbocycles. The second kappa shape index (κ2) is 5.75. The monoisotopic (exact) mass is 204 g/mol. The fourth-order valence-corrected chi connectivity index (χ4v) is 0.837. The topological polar surface area (TPSA) is 68.4 Å². The minimum atomic E-state index is -0.358. The van der Waals surface area contributed by atoms with Gasteiger partial charge in [0, 0.05) is 12.3 Å². The zero-order chi connectivity index (χ0) is 8.97. The molecule has 0 radical (unpaired) electrons. The van der Waals surface area contributed by atoms with E-state index in [9.17, 15) is 0 Å². The number of nitrogens with two attached hydrogens (primary N) is 1. The normalized spacial score (nSPS) is 11.6. The van der Waals surface area contributed by atoms with E-state index in [2.05, 4.69) is 4.98 Å². The van der Waals surface area contributed by atoms with E-state index < -0.39 is 0 Å². The number of hydrogen-bond acceptors (Lipinski definition) is 4. The molecule has 1 rings (SSSR count). The Balaban J connectivity index is 0.00000144. The van der Waals surface area contributed by atoms with Crippen LogP contribution in [0, 0.1) is 0 Å². The molecule has 1 aromatic rings. The number of ether oxygens (including phenoxy) is 1. The maximum atomic E-state index is 8.73. The van der Waals surface area contributed by atoms with Crippen molar-refractivity contribution in [1.29, 1.82) is 0 Å². The number of aromatic nitrogens is 1. The summed E-state index contributed by atoms with van der Waals surface area (Å²) in [6.45, 7) is -0.0754. The lowest BCUT2D eigenvalue weighted by Crippen LogP contribution is -2.14. The third-order valence-corrected chi connectivity index (χ3v) is 1.59. The van der Waals surface area contributed by atoms with Crippen molar-refractivity contribution in [2.24, 2.45) is 5.73 Å². The molecule has 3 N–H and O–H groups in total. The van der Waals surface area contributed by atoms with Gasteiger partial charge in [0.15, 0.2) is 0 Å². The number of halogens is 1. The predicted octanol–water partition coefficient (Wildman–Crippen LogP) is 0.504. The summed E-state index contributed by atoms with van der Waals surface area (Å²) >= 11 is 0. The Morgan fingerprint density at radius 1 is 1.62 bits per heavy atom. The molecule has 0 bridgehead atoms. The van der Waals surface area contributed by atoms with Gasteiger partial charge in [-0.3, -0.25) is 0 Å². The summed E-state index contributed by atoms with van der Waals surface area (Å²) in [5.74, 6) is 0.545. The van der Waals surface area contributed by atoms with Crippen LogP contribution in [0.3, 0.4) is 0 Å². The van der Waals surface area contributed by atoms with Crippen LogP contribution in [0.15, 0.2) is 18.3 Å². The maximum absolute atomic E-state index is 8.73. The molecule has 1 aromatic heterocycles. The zero-order valence-electron chi connectivity index (χ0n) is 7.30. The maximum Gasteiger partial charge on any atom is 0.212 e. The summed E-state index contributed by atoms with van der Waals surface area (Å²) < 4.78 is 4.87. The number of hydrogen-bond donors (Lipinski definition) is 2. The van der Waals surface area contributed by atoms with Crippen molar-refractivity contribution in [3.05, 3.63) is 23.9 Å². The highest BCUT2D eigenvalue weighted by Gasteiger charge is 2.03. The molecule has 1 atom stereocenters. The van der Waals surface area contributed by atoms with Gasteiger partial charge in [0.1, 0.15) is 0 Å². The average molecular weight is 205 g/mol. The number of methoxy groups -OCH3 is 1. The lowest BCUT2D eigenvalue weighted by atomic mass is 10.1. The molecule has 0 fully saturated rings. The van der Waals surface area contributed by atoms with Gasteiger partial charge in [0.25, 0.3) is 0 Å². The minimum Gasteiger partial charge on any atom is -0.481 e. The van der Waals surface area contributed by atoms with Gasteiger partial charge in [-0.2, -0.15) is 0 Å². The van der Waals surface area contributed by atoms with Crippen molar-refractivity contribution < 1.29 is 9.84 Å². The van der Waals surface area contributed by atoms with Gasteiger partial charge in [0.2, 0.25) is 5.88 Å². The standard InChI is InChI=1S/C8H12N2O2.ClH/c1-12-8-3-2-6(4-10-8)7(9)5-11;/h2-4,7,11H,5,9H2,1H3;1H/t7-;/m1./s1. The van der Waals surface area contributed by atoms with E-state index >= 15 is 0 Å². The van der Waals surface area contributed by atoms with Crippen molar-refractivity contribution >= 4 is 12.4 Å². The molecule has 1 heterocycles. The van der Waals surface area contributed by atoms with Crippen LogP contribution >= 0.6 is 12.4 Å². The predicted molar refractivity (Wildman–Crippen MR) is 52.1 cm³/mol. The summed E-state index contributed by atoms with van der Waals surface area (Å²) in [6.07, 6.45) is 1.60. The first-order valence-electron chi connectivity index (χ1n) is 3.64. The molecule has 0 saturated heterocycles. The molecule has 4 nitrogen and oxygen atoms in total. The first-order chi connectivity index (χ1) is 5.77. The van der Waals surface area contributed by atoms with Crippen LogP contribution < -0.4 is 10.5 Å². The van der Waals surface area contributed by atoms with E-state index in [1.165, 1.54) is 0 Å². The number of pyridine rings is 1. The first kappa shape index (κ1) is 12.2. The minimum absolute atomic E-state index is 0. The zero-order valence-corrected chi connectivity index (χ0v) is 8.12. The number of rotatable bonds is 3. The van der Waals surface area contributed by atoms with Crippen LogP contribution in [0.1, 0.15) is 11.6 Å². The largest absolute Gasteiger partial charge is 0.481 e. The second-order valence-electron chi connectivity index (χ2n) is 2.42. The van der Waals surface area contributed by atoms with Gasteiger partial charge in [-0.25, -0.2) is 4.98 Å². The van der Waals surface area contributed by atoms with E-state index in [4.69, 9.17) is 15.6 Å². The Bertz CT molecular complexity index is 240. The van der Waals surface area contributed by atoms with Crippen LogP contribution in [0.2, 0.25) is 0 Å². The van der Waals surface area contributed by atoms with Crippen molar-refractivity contribution in [1.82, 2.24) is 4.98 Å². The molecular weight excluding hydrogens is 192 g/mol. The molecule has 13 heavy (non-hydrogen) atoms. The first-order valence-corrected chi connectivity index (χ1v) is 3.64. The molecule has 0 amide bonds. The molecule has 74 valence electrons. The van der Waals surface area contributed by atoms with Crippen molar-refractivity contribution in [3.8, 4) is 5.88 Å². The van der Waals surface area contributed by atoms with Gasteiger partial charge in [-0.1, -0.05) is 6.07 Å². The van der Waals surface area contributed by atoms with Crippen LogP contribution in [-0.4, -0.2) is 23.8 Å². The highest BCUT2D eigenvalue weighted by atomic mass is 35.5. The highest BCUT2D eigenvalue weighted by Crippen LogP contribution is 2.11. The summed E-state index contributed by atoms with van der Waals surface area (Å²) in [6, 6.07) is 3.14. The molecule has 0 aliphatic heterocycles. The van der Waals surface area contributed by atoms with Crippen molar-refractivity contribution in [2.45, 2.75) is 6.04 Å². The van der Waals surface area contributed by atoms with E-state index in [0.29, 0.717) is 5.88 Å². The summed E-state index contributed by atoms with van der Waals surface area (Å²) in [5.41, 5.74) is 6.36. The van der Waals surface area contributed by atoms with E-state index in [-0.39, 0.29) is 25.1 Å². The average Bonchev–Trinajstić information content (AvgIpc) is 2.17. The lowest BCUT2D eigenvalue weighted by molar-refractivity contribution is 0.267. The third-order valence-electron chi connectivity index (χ3n) is 1.59. The molecule has 0 aliphatic rings. The second-order valence-corrected chi connectivity index (χ2v) is 2.42. The van der Waals surface area contributed by atoms with Crippen molar-refractivity contribution in [2.75, 3.05) is 13.7 Å². The molecular formula is C8H13ClN2O2. The fraction of sp³-hybridized carbons (Fsp3) is 0.375. The highest BCUT2D eigenvalue weighted by molar-refractivity contribution is 5.85. The van der Waals surface area contributed by atoms with Gasteiger partial charge in [-0.05, 0) is 5.56 Å². The number of aliphatic hydroxyl groups is 1. The van der Waals surface area contributed by atoms with Gasteiger partial charge in [-0.15, -0.1) is 12.4 Å². The number of nitrogens with zero attached hydrogens (tertiary/aromatic N) is 1. The van der Waals surface area contributed by atoms with Gasteiger partial charge in [0.05, 0.1) is 19.8 Å². The Labute approximate surface area is 83.1 Å². The van der Waals surface area contributed by atoms with Gasteiger partial charge >= 0.3 is 0 Å². The Hall–Kier alpha value is -0.840. The van der Waals surface area contributed by atoms with Crippen LogP contribution in [0.5, 0.6) is 5.88 Å². The SMILES string of the molecule is COc1ccc([C@H](N)CO)cn1.Cl. The van der Waals surface area contributed by atoms with Crippen molar-refractivity contribution in [3.63, 3.8) is 0 Å². The van der Waals surface area contributed by atoms with E-state index in [1.807, 2.05) is 0 Å².